The fourth-order valence-electron chi connectivity index (χ4n) is 2.21. The number of hydrogen-bond donors (Lipinski definition) is 1. The monoisotopic (exact) mass is 355 g/mol. The van der Waals surface area contributed by atoms with Gasteiger partial charge in [-0.2, -0.15) is 4.98 Å². The van der Waals surface area contributed by atoms with Gasteiger partial charge in [-0.3, -0.25) is 9.59 Å². The Morgan fingerprint density at radius 1 is 1.16 bits per heavy atom. The average Bonchev–Trinajstić information content (AvgIpc) is 3.29. The minimum Gasteiger partial charge on any atom is -0.347 e. The summed E-state index contributed by atoms with van der Waals surface area (Å²) in [7, 11) is 0. The topological polar surface area (TPSA) is 85.1 Å². The molecule has 1 aromatic carbocycles. The Balaban J connectivity index is 1.45. The third kappa shape index (κ3) is 4.60. The number of carbonyl (C=O) groups excluding carboxylic acids is 2. The van der Waals surface area contributed by atoms with Crippen LogP contribution in [0.4, 0.5) is 0 Å². The first-order valence-electron chi connectivity index (χ1n) is 7.85. The first kappa shape index (κ1) is 17.0. The number of nitrogens with one attached hydrogen (secondary N) is 1. The van der Waals surface area contributed by atoms with Crippen LogP contribution in [0.3, 0.4) is 0 Å². The largest absolute Gasteiger partial charge is 0.347 e. The van der Waals surface area contributed by atoms with Crippen molar-refractivity contribution in [2.75, 3.05) is 0 Å². The second kappa shape index (κ2) is 7.85. The molecule has 0 bridgehead atoms. The Hall–Kier alpha value is -2.80. The van der Waals surface area contributed by atoms with Gasteiger partial charge in [-0.15, -0.1) is 11.3 Å². The van der Waals surface area contributed by atoms with Gasteiger partial charge in [-0.25, -0.2) is 0 Å². The van der Waals surface area contributed by atoms with Crippen LogP contribution in [0.15, 0.2) is 46.3 Å². The number of aromatic nitrogens is 2. The Morgan fingerprint density at radius 2 is 1.96 bits per heavy atom. The summed E-state index contributed by atoms with van der Waals surface area (Å²) in [6.07, 6.45) is 0.289. The summed E-state index contributed by atoms with van der Waals surface area (Å²) in [5.74, 6) is 0.569. The predicted octanol–water partition coefficient (Wildman–Crippen LogP) is 3.39. The van der Waals surface area contributed by atoms with Crippen LogP contribution in [-0.4, -0.2) is 21.8 Å². The van der Waals surface area contributed by atoms with Crippen LogP contribution in [0.2, 0.25) is 0 Å². The minimum atomic E-state index is -0.226. The molecule has 2 aromatic heterocycles. The molecule has 0 aliphatic heterocycles. The molecule has 0 spiro atoms. The molecule has 2 heterocycles. The molecule has 0 saturated carbocycles. The Morgan fingerprint density at radius 3 is 2.68 bits per heavy atom. The van der Waals surface area contributed by atoms with Crippen LogP contribution in [0.5, 0.6) is 0 Å². The lowest BCUT2D eigenvalue weighted by Crippen LogP contribution is -2.23. The van der Waals surface area contributed by atoms with E-state index in [4.69, 9.17) is 4.52 Å². The van der Waals surface area contributed by atoms with E-state index in [1.807, 2.05) is 36.6 Å². The van der Waals surface area contributed by atoms with E-state index in [9.17, 15) is 9.59 Å². The number of benzene rings is 1. The summed E-state index contributed by atoms with van der Waals surface area (Å²) in [6, 6.07) is 11.1. The van der Waals surface area contributed by atoms with E-state index in [1.165, 1.54) is 11.3 Å². The van der Waals surface area contributed by atoms with Crippen LogP contribution in [0.1, 0.15) is 34.7 Å². The van der Waals surface area contributed by atoms with Gasteiger partial charge in [0.15, 0.2) is 5.78 Å². The van der Waals surface area contributed by atoms with Gasteiger partial charge in [0.05, 0.1) is 11.4 Å². The summed E-state index contributed by atoms with van der Waals surface area (Å²) in [5, 5.41) is 8.49. The van der Waals surface area contributed by atoms with Gasteiger partial charge < -0.3 is 9.84 Å². The first-order valence-corrected chi connectivity index (χ1v) is 8.73. The van der Waals surface area contributed by atoms with Crippen molar-refractivity contribution in [3.63, 3.8) is 0 Å². The lowest BCUT2D eigenvalue weighted by Gasteiger charge is -2.03. The normalized spacial score (nSPS) is 10.6. The Bertz CT molecular complexity index is 854. The van der Waals surface area contributed by atoms with Gasteiger partial charge in [0.2, 0.25) is 17.6 Å². The molecule has 0 saturated heterocycles. The molecule has 128 valence electrons. The van der Waals surface area contributed by atoms with Crippen molar-refractivity contribution in [2.45, 2.75) is 26.3 Å². The molecule has 7 heteroatoms. The number of Topliss-reactive ketones (excluding diaryl/α,β-unsaturated/α-hetero) is 1. The predicted molar refractivity (Wildman–Crippen MR) is 94.2 cm³/mol. The number of thiophene rings is 1. The summed E-state index contributed by atoms with van der Waals surface area (Å²) >= 11 is 1.51. The van der Waals surface area contributed by atoms with Gasteiger partial charge in [-0.05, 0) is 18.4 Å². The number of ketones is 1. The number of aryl methyl sites for hydroxylation is 1. The van der Waals surface area contributed by atoms with E-state index < -0.39 is 0 Å². The number of rotatable bonds is 7. The molecule has 3 rings (SSSR count). The van der Waals surface area contributed by atoms with Crippen molar-refractivity contribution in [3.05, 3.63) is 58.8 Å². The zero-order valence-corrected chi connectivity index (χ0v) is 14.5. The van der Waals surface area contributed by atoms with Crippen LogP contribution in [-0.2, 0) is 11.3 Å². The first-order chi connectivity index (χ1) is 12.1. The fourth-order valence-corrected chi connectivity index (χ4v) is 2.86. The number of nitrogens with zero attached hydrogens (tertiary/aromatic N) is 2. The third-order valence-corrected chi connectivity index (χ3v) is 4.46. The van der Waals surface area contributed by atoms with Gasteiger partial charge in [0.1, 0.15) is 0 Å². The van der Waals surface area contributed by atoms with Crippen LogP contribution in [0, 0.1) is 6.92 Å². The van der Waals surface area contributed by atoms with E-state index in [0.717, 1.165) is 10.4 Å². The van der Waals surface area contributed by atoms with Crippen molar-refractivity contribution in [1.29, 1.82) is 0 Å². The molecule has 0 fully saturated rings. The molecular formula is C18H17N3O3S. The Labute approximate surface area is 148 Å². The van der Waals surface area contributed by atoms with Crippen molar-refractivity contribution < 1.29 is 14.1 Å². The maximum Gasteiger partial charge on any atom is 0.246 e. The van der Waals surface area contributed by atoms with Crippen molar-refractivity contribution in [1.82, 2.24) is 15.5 Å². The summed E-state index contributed by atoms with van der Waals surface area (Å²) < 4.78 is 5.11. The molecule has 0 atom stereocenters. The van der Waals surface area contributed by atoms with Crippen molar-refractivity contribution in [3.8, 4) is 10.7 Å². The molecule has 1 N–H and O–H groups in total. The average molecular weight is 355 g/mol. The zero-order chi connectivity index (χ0) is 17.6. The molecule has 6 nitrogen and oxygen atoms in total. The van der Waals surface area contributed by atoms with Crippen LogP contribution >= 0.6 is 11.3 Å². The number of amides is 1. The Kier molecular flexibility index (Phi) is 5.35. The molecule has 25 heavy (non-hydrogen) atoms. The van der Waals surface area contributed by atoms with Crippen LogP contribution in [0.25, 0.3) is 10.7 Å². The highest BCUT2D eigenvalue weighted by Gasteiger charge is 2.12. The minimum absolute atomic E-state index is 0.0482. The molecular weight excluding hydrogens is 338 g/mol. The van der Waals surface area contributed by atoms with Gasteiger partial charge in [0, 0.05) is 18.4 Å². The van der Waals surface area contributed by atoms with E-state index in [2.05, 4.69) is 15.5 Å². The van der Waals surface area contributed by atoms with E-state index in [0.29, 0.717) is 17.3 Å². The zero-order valence-electron chi connectivity index (χ0n) is 13.7. The highest BCUT2D eigenvalue weighted by Crippen LogP contribution is 2.21. The van der Waals surface area contributed by atoms with Crippen LogP contribution < -0.4 is 5.32 Å². The second-order valence-electron chi connectivity index (χ2n) is 5.55. The highest BCUT2D eigenvalue weighted by atomic mass is 32.1. The lowest BCUT2D eigenvalue weighted by molar-refractivity contribution is -0.121. The smallest absolute Gasteiger partial charge is 0.246 e. The van der Waals surface area contributed by atoms with Gasteiger partial charge >= 0.3 is 0 Å². The summed E-state index contributed by atoms with van der Waals surface area (Å²) in [4.78, 5) is 29.1. The maximum atomic E-state index is 12.0. The summed E-state index contributed by atoms with van der Waals surface area (Å²) in [5.41, 5.74) is 1.71. The lowest BCUT2D eigenvalue weighted by atomic mass is 10.1. The van der Waals surface area contributed by atoms with Crippen molar-refractivity contribution >= 4 is 23.0 Å². The standard InChI is InChI=1S/C18H17N3O3S/c1-12-4-6-13(7-5-12)14(22)8-9-16(23)19-11-17-20-18(21-24-17)15-3-2-10-25-15/h2-7,10H,8-9,11H2,1H3,(H,19,23). The quantitative estimate of drug-likeness (QED) is 0.657. The van der Waals surface area contributed by atoms with Gasteiger partial charge in [-0.1, -0.05) is 41.1 Å². The molecule has 0 aliphatic rings. The fraction of sp³-hybridized carbons (Fsp3) is 0.222. The number of carbonyl (C=O) groups is 2. The molecule has 0 radical (unpaired) electrons. The summed E-state index contributed by atoms with van der Waals surface area (Å²) in [6.45, 7) is 2.11. The second-order valence-corrected chi connectivity index (χ2v) is 6.50. The molecule has 3 aromatic rings. The third-order valence-electron chi connectivity index (χ3n) is 3.60. The SMILES string of the molecule is Cc1ccc(C(=O)CCC(=O)NCc2nc(-c3cccs3)no2)cc1. The molecule has 1 amide bonds. The molecule has 0 unspecified atom stereocenters. The number of hydrogen-bond acceptors (Lipinski definition) is 6. The molecule has 0 aliphatic carbocycles. The maximum absolute atomic E-state index is 12.0. The van der Waals surface area contributed by atoms with Crippen molar-refractivity contribution in [2.24, 2.45) is 0 Å². The van der Waals surface area contributed by atoms with Gasteiger partial charge in [0.25, 0.3) is 0 Å². The van der Waals surface area contributed by atoms with E-state index in [-0.39, 0.29) is 31.1 Å². The van der Waals surface area contributed by atoms with E-state index >= 15 is 0 Å². The highest BCUT2D eigenvalue weighted by molar-refractivity contribution is 7.13. The van der Waals surface area contributed by atoms with E-state index in [1.54, 1.807) is 12.1 Å².